The first-order valence-electron chi connectivity index (χ1n) is 9.65. The quantitative estimate of drug-likeness (QED) is 0.270. The van der Waals surface area contributed by atoms with Crippen LogP contribution in [0.5, 0.6) is 0 Å². The van der Waals surface area contributed by atoms with E-state index in [9.17, 15) is 14.4 Å². The van der Waals surface area contributed by atoms with Crippen LogP contribution in [0.15, 0.2) is 66.0 Å². The third-order valence-corrected chi connectivity index (χ3v) is 4.96. The molecule has 10 heteroatoms. The molecule has 0 spiro atoms. The minimum absolute atomic E-state index is 0.0210. The molecule has 2 amide bonds. The molecule has 0 aliphatic carbocycles. The number of hydrogen-bond donors (Lipinski definition) is 3. The number of ether oxygens (including phenoxy) is 1. The van der Waals surface area contributed by atoms with Crippen molar-refractivity contribution in [3.8, 4) is 0 Å². The maximum absolute atomic E-state index is 12.6. The van der Waals surface area contributed by atoms with Crippen LogP contribution < -0.4 is 16.4 Å². The summed E-state index contributed by atoms with van der Waals surface area (Å²) in [5, 5.41) is 5.76. The summed E-state index contributed by atoms with van der Waals surface area (Å²) in [5.41, 5.74) is 7.21. The molecule has 0 fully saturated rings. The summed E-state index contributed by atoms with van der Waals surface area (Å²) in [6, 6.07) is 15.7. The van der Waals surface area contributed by atoms with Crippen LogP contribution in [0, 0.1) is 0 Å². The van der Waals surface area contributed by atoms with Crippen LogP contribution in [0.25, 0.3) is 0 Å². The van der Waals surface area contributed by atoms with Gasteiger partial charge in [-0.3, -0.25) is 9.59 Å². The number of nitrogens with zero attached hydrogens (tertiary/aromatic N) is 2. The molecule has 0 atom stereocenters. The van der Waals surface area contributed by atoms with E-state index in [1.54, 1.807) is 43.3 Å². The van der Waals surface area contributed by atoms with Crippen molar-refractivity contribution in [2.24, 2.45) is 0 Å². The fraction of sp³-hybridized carbons (Fsp3) is 0.136. The van der Waals surface area contributed by atoms with Crippen LogP contribution in [0.1, 0.15) is 27.6 Å². The molecule has 0 unspecified atom stereocenters. The molecular formula is C22H21N5O4S. The summed E-state index contributed by atoms with van der Waals surface area (Å²) >= 11 is 1.05. The molecule has 1 heterocycles. The average molecular weight is 452 g/mol. The highest BCUT2D eigenvalue weighted by Gasteiger charge is 2.16. The molecule has 0 saturated heterocycles. The van der Waals surface area contributed by atoms with Crippen molar-refractivity contribution in [2.75, 3.05) is 28.7 Å². The van der Waals surface area contributed by atoms with Crippen molar-refractivity contribution in [1.82, 2.24) is 9.97 Å². The molecule has 0 radical (unpaired) electrons. The maximum atomic E-state index is 12.6. The van der Waals surface area contributed by atoms with E-state index in [-0.39, 0.29) is 40.7 Å². The summed E-state index contributed by atoms with van der Waals surface area (Å²) in [4.78, 5) is 44.9. The number of nitrogen functional groups attached to an aromatic ring is 1. The number of nitrogens with one attached hydrogen (secondary N) is 2. The molecule has 0 saturated carbocycles. The molecule has 3 aromatic rings. The Balaban J connectivity index is 1.61. The second-order valence-electron chi connectivity index (χ2n) is 6.37. The molecule has 4 N–H and O–H groups in total. The number of aromatic nitrogens is 2. The van der Waals surface area contributed by atoms with Gasteiger partial charge in [0.05, 0.1) is 23.6 Å². The molecule has 32 heavy (non-hydrogen) atoms. The first-order chi connectivity index (χ1) is 15.5. The Bertz CT molecular complexity index is 1120. The van der Waals surface area contributed by atoms with E-state index in [2.05, 4.69) is 20.6 Å². The monoisotopic (exact) mass is 451 g/mol. The van der Waals surface area contributed by atoms with E-state index in [4.69, 9.17) is 10.5 Å². The Morgan fingerprint density at radius 2 is 1.72 bits per heavy atom. The summed E-state index contributed by atoms with van der Waals surface area (Å²) in [5.74, 6) is -1.35. The third-order valence-electron chi connectivity index (χ3n) is 4.10. The summed E-state index contributed by atoms with van der Waals surface area (Å²) in [6.07, 6.45) is 1.27. The summed E-state index contributed by atoms with van der Waals surface area (Å²) in [6.45, 7) is 1.89. The minimum atomic E-state index is -0.607. The van der Waals surface area contributed by atoms with Gasteiger partial charge in [0.2, 0.25) is 5.91 Å². The predicted molar refractivity (Wildman–Crippen MR) is 123 cm³/mol. The van der Waals surface area contributed by atoms with E-state index < -0.39 is 5.97 Å². The number of hydrogen-bond acceptors (Lipinski definition) is 8. The molecule has 0 aliphatic rings. The highest BCUT2D eigenvalue weighted by atomic mass is 32.2. The van der Waals surface area contributed by atoms with Crippen molar-refractivity contribution in [3.63, 3.8) is 0 Å². The smallest absolute Gasteiger partial charge is 0.343 e. The molecule has 2 aromatic carbocycles. The van der Waals surface area contributed by atoms with Crippen LogP contribution in [-0.2, 0) is 9.53 Å². The van der Waals surface area contributed by atoms with Crippen molar-refractivity contribution in [1.29, 1.82) is 0 Å². The van der Waals surface area contributed by atoms with Gasteiger partial charge in [-0.05, 0) is 31.2 Å². The van der Waals surface area contributed by atoms with Gasteiger partial charge in [-0.25, -0.2) is 14.8 Å². The van der Waals surface area contributed by atoms with Crippen LogP contribution in [0.3, 0.4) is 0 Å². The van der Waals surface area contributed by atoms with Crippen LogP contribution in [0.2, 0.25) is 0 Å². The molecule has 164 valence electrons. The lowest BCUT2D eigenvalue weighted by atomic mass is 10.1. The highest BCUT2D eigenvalue weighted by molar-refractivity contribution is 7.99. The largest absolute Gasteiger partial charge is 0.462 e. The number of rotatable bonds is 8. The summed E-state index contributed by atoms with van der Waals surface area (Å²) < 4.78 is 4.88. The second-order valence-corrected chi connectivity index (χ2v) is 7.32. The molecule has 1 aromatic heterocycles. The summed E-state index contributed by atoms with van der Waals surface area (Å²) in [7, 11) is 0. The van der Waals surface area contributed by atoms with Crippen molar-refractivity contribution in [3.05, 3.63) is 71.9 Å². The number of benzene rings is 2. The lowest BCUT2D eigenvalue weighted by Crippen LogP contribution is -2.19. The topological polar surface area (TPSA) is 136 Å². The van der Waals surface area contributed by atoms with Crippen molar-refractivity contribution in [2.45, 2.75) is 12.1 Å². The first-order valence-corrected chi connectivity index (χ1v) is 10.6. The van der Waals surface area contributed by atoms with Gasteiger partial charge in [0.15, 0.2) is 5.16 Å². The number of para-hydroxylation sites is 2. The number of thioether (sulfide) groups is 1. The van der Waals surface area contributed by atoms with E-state index >= 15 is 0 Å². The van der Waals surface area contributed by atoms with E-state index in [0.29, 0.717) is 16.9 Å². The van der Waals surface area contributed by atoms with Gasteiger partial charge in [-0.2, -0.15) is 0 Å². The van der Waals surface area contributed by atoms with Crippen LogP contribution in [0.4, 0.5) is 17.2 Å². The third kappa shape index (κ3) is 6.05. The zero-order valence-electron chi connectivity index (χ0n) is 17.2. The molecule has 3 rings (SSSR count). The molecule has 9 nitrogen and oxygen atoms in total. The van der Waals surface area contributed by atoms with Gasteiger partial charge in [0, 0.05) is 11.9 Å². The van der Waals surface area contributed by atoms with E-state index in [0.717, 1.165) is 11.8 Å². The van der Waals surface area contributed by atoms with Gasteiger partial charge >= 0.3 is 5.97 Å². The number of amides is 2. The molecule has 0 bridgehead atoms. The zero-order chi connectivity index (χ0) is 22.9. The van der Waals surface area contributed by atoms with Gasteiger partial charge in [-0.15, -0.1) is 0 Å². The average Bonchev–Trinajstić information content (AvgIpc) is 2.79. The fourth-order valence-electron chi connectivity index (χ4n) is 2.64. The highest BCUT2D eigenvalue weighted by Crippen LogP contribution is 2.20. The molecule has 0 aliphatic heterocycles. The number of carbonyl (C=O) groups excluding carboxylic acids is 3. The van der Waals surface area contributed by atoms with Gasteiger partial charge < -0.3 is 21.1 Å². The normalized spacial score (nSPS) is 10.3. The van der Waals surface area contributed by atoms with Crippen molar-refractivity contribution >= 4 is 46.7 Å². The number of carbonyl (C=O) groups is 3. The van der Waals surface area contributed by atoms with Crippen molar-refractivity contribution < 1.29 is 19.1 Å². The molecular weight excluding hydrogens is 430 g/mol. The van der Waals surface area contributed by atoms with Crippen LogP contribution in [-0.4, -0.2) is 40.1 Å². The van der Waals surface area contributed by atoms with Crippen LogP contribution >= 0.6 is 11.8 Å². The SMILES string of the molecule is CCOC(=O)c1cnc(SCC(=O)Nc2ccccc2C(=O)Nc2ccccc2)nc1N. The number of nitrogens with two attached hydrogens (primary N) is 1. The maximum Gasteiger partial charge on any atom is 0.343 e. The van der Waals surface area contributed by atoms with Gasteiger partial charge in [0.25, 0.3) is 5.91 Å². The Kier molecular flexibility index (Phi) is 7.76. The predicted octanol–water partition coefficient (Wildman–Crippen LogP) is 3.22. The Morgan fingerprint density at radius 3 is 2.44 bits per heavy atom. The minimum Gasteiger partial charge on any atom is -0.462 e. The standard InChI is InChI=1S/C22H21N5O4S/c1-2-31-21(30)16-12-24-22(27-19(16)23)32-13-18(28)26-17-11-7-6-10-15(17)20(29)25-14-8-4-3-5-9-14/h3-12H,2,13H2,1H3,(H,25,29)(H,26,28)(H2,23,24,27). The zero-order valence-corrected chi connectivity index (χ0v) is 18.0. The van der Waals surface area contributed by atoms with Gasteiger partial charge in [-0.1, -0.05) is 42.1 Å². The van der Waals surface area contributed by atoms with Gasteiger partial charge in [0.1, 0.15) is 11.4 Å². The van der Waals surface area contributed by atoms with E-state index in [1.165, 1.54) is 6.20 Å². The first kappa shape index (κ1) is 22.8. The lowest BCUT2D eigenvalue weighted by Gasteiger charge is -2.11. The lowest BCUT2D eigenvalue weighted by molar-refractivity contribution is -0.113. The number of anilines is 3. The Labute approximate surface area is 188 Å². The fourth-order valence-corrected chi connectivity index (χ4v) is 3.26. The second kappa shape index (κ2) is 10.9. The Morgan fingerprint density at radius 1 is 1.00 bits per heavy atom. The number of esters is 1. The van der Waals surface area contributed by atoms with E-state index in [1.807, 2.05) is 18.2 Å². The Hall–Kier alpha value is -3.92.